The number of benzene rings is 2. The van der Waals surface area contributed by atoms with Gasteiger partial charge in [0.1, 0.15) is 29.5 Å². The van der Waals surface area contributed by atoms with Crippen LogP contribution in [0.25, 0.3) is 0 Å². The fourth-order valence-corrected chi connectivity index (χ4v) is 6.46. The predicted octanol–water partition coefficient (Wildman–Crippen LogP) is 5.24. The number of hydrogen-bond acceptors (Lipinski definition) is 7. The van der Waals surface area contributed by atoms with Gasteiger partial charge in [0.25, 0.3) is 5.91 Å². The summed E-state index contributed by atoms with van der Waals surface area (Å²) >= 11 is 0. The van der Waals surface area contributed by atoms with Crippen molar-refractivity contribution in [2.75, 3.05) is 26.2 Å². The van der Waals surface area contributed by atoms with Gasteiger partial charge in [-0.1, -0.05) is 24.5 Å². The zero-order chi connectivity index (χ0) is 28.9. The summed E-state index contributed by atoms with van der Waals surface area (Å²) in [5, 5.41) is 11.4. The van der Waals surface area contributed by atoms with E-state index in [1.165, 1.54) is 37.0 Å². The smallest absolute Gasteiger partial charge is 0.253 e. The third kappa shape index (κ3) is 8.41. The maximum atomic E-state index is 14.4. The molecular formula is C32H43Cl2FN6O3. The first-order chi connectivity index (χ1) is 20.5. The van der Waals surface area contributed by atoms with Gasteiger partial charge in [0.05, 0.1) is 18.4 Å². The molecule has 1 amide bonds. The van der Waals surface area contributed by atoms with Crippen LogP contribution in [0.1, 0.15) is 84.5 Å². The molecule has 2 aliphatic heterocycles. The summed E-state index contributed by atoms with van der Waals surface area (Å²) in [6, 6.07) is 10.8. The number of nitrogens with one attached hydrogen (secondary N) is 1. The van der Waals surface area contributed by atoms with Crippen molar-refractivity contribution in [1.82, 2.24) is 25.2 Å². The Morgan fingerprint density at radius 3 is 2.48 bits per heavy atom. The molecule has 3 N–H and O–H groups in total. The molecule has 3 aliphatic rings. The maximum absolute atomic E-state index is 14.4. The van der Waals surface area contributed by atoms with Gasteiger partial charge in [0, 0.05) is 50.7 Å². The van der Waals surface area contributed by atoms with Crippen molar-refractivity contribution < 1.29 is 18.7 Å². The van der Waals surface area contributed by atoms with Crippen LogP contribution in [0.2, 0.25) is 0 Å². The average Bonchev–Trinajstić information content (AvgIpc) is 3.70. The molecule has 0 unspecified atom stereocenters. The zero-order valence-electron chi connectivity index (χ0n) is 25.0. The van der Waals surface area contributed by atoms with Crippen molar-refractivity contribution >= 4 is 30.7 Å². The number of ether oxygens (including phenoxy) is 2. The highest BCUT2D eigenvalue weighted by Gasteiger charge is 2.28. The number of nitrogens with zero attached hydrogens (tertiary/aromatic N) is 4. The molecular weight excluding hydrogens is 606 g/mol. The number of carbonyl (C=O) groups is 1. The van der Waals surface area contributed by atoms with Gasteiger partial charge in [0.2, 0.25) is 0 Å². The highest BCUT2D eigenvalue weighted by atomic mass is 35.5. The Morgan fingerprint density at radius 1 is 0.977 bits per heavy atom. The average molecular weight is 650 g/mol. The van der Waals surface area contributed by atoms with E-state index in [-0.39, 0.29) is 48.7 Å². The van der Waals surface area contributed by atoms with E-state index in [2.05, 4.69) is 21.7 Å². The van der Waals surface area contributed by atoms with E-state index in [0.29, 0.717) is 56.4 Å². The van der Waals surface area contributed by atoms with E-state index < -0.39 is 0 Å². The van der Waals surface area contributed by atoms with Gasteiger partial charge in [-0.15, -0.1) is 29.9 Å². The van der Waals surface area contributed by atoms with Crippen LogP contribution in [0.15, 0.2) is 42.6 Å². The second-order valence-electron chi connectivity index (χ2n) is 11.8. The van der Waals surface area contributed by atoms with E-state index in [9.17, 15) is 9.18 Å². The lowest BCUT2D eigenvalue weighted by Crippen LogP contribution is -2.41. The number of amides is 1. The molecule has 0 spiro atoms. The van der Waals surface area contributed by atoms with Gasteiger partial charge in [-0.25, -0.2) is 9.07 Å². The molecule has 3 fully saturated rings. The number of piperidine rings is 1. The normalized spacial score (nSPS) is 19.2. The Balaban J connectivity index is 0.00000221. The van der Waals surface area contributed by atoms with E-state index in [1.807, 2.05) is 23.1 Å². The Bertz CT molecular complexity index is 1370. The first-order valence-electron chi connectivity index (χ1n) is 15.4. The maximum Gasteiger partial charge on any atom is 0.253 e. The molecule has 240 valence electrons. The monoisotopic (exact) mass is 648 g/mol. The van der Waals surface area contributed by atoms with Gasteiger partial charge in [-0.3, -0.25) is 4.79 Å². The lowest BCUT2D eigenvalue weighted by Gasteiger charge is -2.33. The summed E-state index contributed by atoms with van der Waals surface area (Å²) in [7, 11) is 0. The van der Waals surface area contributed by atoms with Crippen molar-refractivity contribution in [1.29, 1.82) is 0 Å². The molecule has 1 aliphatic carbocycles. The van der Waals surface area contributed by atoms with E-state index >= 15 is 0 Å². The summed E-state index contributed by atoms with van der Waals surface area (Å²) in [4.78, 5) is 15.5. The Morgan fingerprint density at radius 2 is 1.77 bits per heavy atom. The Kier molecular flexibility index (Phi) is 12.3. The lowest BCUT2D eigenvalue weighted by atomic mass is 9.83. The SMILES string of the molecule is Cl.Cl.NCc1cn(Cc2cc(F)cc(OC3CCN(C(=O)c4ccc(O[C@H]5CCNC5)c(C5CCCCC5)c4)CC3)c2)nn1. The molecule has 1 aromatic heterocycles. The standard InChI is InChI=1S/C32H41FN6O3.2ClH/c33-25-14-22(20-39-21-26(18-34)36-37-39)15-29(17-25)41-27-9-12-38(13-10-27)32(40)24-6-7-31(42-28-8-11-35-19-28)30(16-24)23-4-2-1-3-5-23;;/h6-7,14-17,21,23,27-28,35H,1-5,8-13,18-20,34H2;2*1H/t28-;;/m0../s1. The molecule has 3 aromatic rings. The number of hydrogen-bond donors (Lipinski definition) is 2. The molecule has 3 heterocycles. The lowest BCUT2D eigenvalue weighted by molar-refractivity contribution is 0.0595. The minimum Gasteiger partial charge on any atom is -0.490 e. The van der Waals surface area contributed by atoms with Crippen molar-refractivity contribution in [2.45, 2.75) is 82.6 Å². The van der Waals surface area contributed by atoms with Gasteiger partial charge >= 0.3 is 0 Å². The fourth-order valence-electron chi connectivity index (χ4n) is 6.46. The molecule has 2 saturated heterocycles. The predicted molar refractivity (Wildman–Crippen MR) is 172 cm³/mol. The zero-order valence-corrected chi connectivity index (χ0v) is 26.6. The van der Waals surface area contributed by atoms with E-state index in [0.717, 1.165) is 49.2 Å². The van der Waals surface area contributed by atoms with Crippen LogP contribution in [0, 0.1) is 5.82 Å². The molecule has 2 aromatic carbocycles. The number of halogens is 3. The van der Waals surface area contributed by atoms with E-state index in [1.54, 1.807) is 10.9 Å². The Labute approximate surface area is 270 Å². The number of likely N-dealkylation sites (tertiary alicyclic amines) is 1. The largest absolute Gasteiger partial charge is 0.490 e. The quantitative estimate of drug-likeness (QED) is 0.327. The topological polar surface area (TPSA) is 108 Å². The number of rotatable bonds is 9. The second-order valence-corrected chi connectivity index (χ2v) is 11.8. The highest BCUT2D eigenvalue weighted by molar-refractivity contribution is 5.94. The third-order valence-electron chi connectivity index (χ3n) is 8.71. The van der Waals surface area contributed by atoms with Crippen LogP contribution in [0.4, 0.5) is 4.39 Å². The van der Waals surface area contributed by atoms with Crippen LogP contribution in [0.3, 0.4) is 0 Å². The van der Waals surface area contributed by atoms with Crippen LogP contribution >= 0.6 is 24.8 Å². The minimum absolute atomic E-state index is 0. The molecule has 9 nitrogen and oxygen atoms in total. The van der Waals surface area contributed by atoms with Crippen LogP contribution < -0.4 is 20.5 Å². The van der Waals surface area contributed by atoms with Crippen molar-refractivity contribution in [2.24, 2.45) is 5.73 Å². The number of aromatic nitrogens is 3. The van der Waals surface area contributed by atoms with E-state index in [4.69, 9.17) is 15.2 Å². The van der Waals surface area contributed by atoms with Gasteiger partial charge in [-0.2, -0.15) is 0 Å². The number of carbonyl (C=O) groups excluding carboxylic acids is 1. The van der Waals surface area contributed by atoms with Gasteiger partial charge in [0.15, 0.2) is 0 Å². The molecule has 6 rings (SSSR count). The van der Waals surface area contributed by atoms with Crippen molar-refractivity contribution in [3.05, 3.63) is 70.8 Å². The Hall–Kier alpha value is -2.92. The molecule has 12 heteroatoms. The minimum atomic E-state index is -0.361. The summed E-state index contributed by atoms with van der Waals surface area (Å²) in [5.41, 5.74) is 8.95. The van der Waals surface area contributed by atoms with Crippen LogP contribution in [0.5, 0.6) is 11.5 Å². The molecule has 0 bridgehead atoms. The summed E-state index contributed by atoms with van der Waals surface area (Å²) < 4.78 is 28.7. The van der Waals surface area contributed by atoms with Crippen molar-refractivity contribution in [3.8, 4) is 11.5 Å². The van der Waals surface area contributed by atoms with Gasteiger partial charge in [-0.05, 0) is 73.2 Å². The summed E-state index contributed by atoms with van der Waals surface area (Å²) in [5.74, 6) is 1.56. The second kappa shape index (κ2) is 15.9. The number of nitrogens with two attached hydrogens (primary N) is 1. The first kappa shape index (κ1) is 34.0. The molecule has 44 heavy (non-hydrogen) atoms. The van der Waals surface area contributed by atoms with Crippen LogP contribution in [-0.4, -0.2) is 64.2 Å². The fraction of sp³-hybridized carbons (Fsp3) is 0.531. The molecule has 1 saturated carbocycles. The van der Waals surface area contributed by atoms with Crippen molar-refractivity contribution in [3.63, 3.8) is 0 Å². The first-order valence-corrected chi connectivity index (χ1v) is 15.4. The highest BCUT2D eigenvalue weighted by Crippen LogP contribution is 2.39. The summed E-state index contributed by atoms with van der Waals surface area (Å²) in [6.45, 7) is 3.72. The molecule has 1 atom stereocenters. The molecule has 0 radical (unpaired) electrons. The van der Waals surface area contributed by atoms with Gasteiger partial charge < -0.3 is 25.4 Å². The third-order valence-corrected chi connectivity index (χ3v) is 8.71. The summed E-state index contributed by atoms with van der Waals surface area (Å²) in [6.07, 6.45) is 10.3. The van der Waals surface area contributed by atoms with Crippen LogP contribution in [-0.2, 0) is 13.1 Å².